The predicted octanol–water partition coefficient (Wildman–Crippen LogP) is 1.53. The first kappa shape index (κ1) is 21.0. The van der Waals surface area contributed by atoms with Crippen molar-refractivity contribution in [3.05, 3.63) is 36.0 Å². The zero-order valence-corrected chi connectivity index (χ0v) is 17.1. The van der Waals surface area contributed by atoms with E-state index in [1.165, 1.54) is 12.1 Å². The Morgan fingerprint density at radius 2 is 2.03 bits per heavy atom. The molecule has 3 atom stereocenters. The number of amides is 1. The van der Waals surface area contributed by atoms with Crippen LogP contribution in [0.1, 0.15) is 35.7 Å². The number of nitrogens with two attached hydrogens (primary N) is 1. The molecule has 1 aliphatic carbocycles. The van der Waals surface area contributed by atoms with Gasteiger partial charge in [0.2, 0.25) is 0 Å². The topological polar surface area (TPSA) is 140 Å². The molecule has 1 amide bonds. The van der Waals surface area contributed by atoms with Crippen molar-refractivity contribution in [3.63, 3.8) is 0 Å². The Hall–Kier alpha value is -2.72. The third-order valence-corrected chi connectivity index (χ3v) is 6.19. The maximum absolute atomic E-state index is 11.9. The van der Waals surface area contributed by atoms with Gasteiger partial charge in [0.1, 0.15) is 5.56 Å². The SMILES string of the molecule is C/N=C\[C@H]1C[C@H](O)CC[C@@H]1n1cc(C(N)=O)c(Nc2ccc(S(C)(=O)=O)cc2)n1. The van der Waals surface area contributed by atoms with Gasteiger partial charge in [0, 0.05) is 37.3 Å². The van der Waals surface area contributed by atoms with Gasteiger partial charge in [-0.3, -0.25) is 9.48 Å². The van der Waals surface area contributed by atoms with Crippen molar-refractivity contribution in [2.45, 2.75) is 36.3 Å². The summed E-state index contributed by atoms with van der Waals surface area (Å²) in [6.07, 6.45) is 6.07. The normalized spacial score (nSPS) is 22.7. The molecule has 0 radical (unpaired) electrons. The van der Waals surface area contributed by atoms with Gasteiger partial charge in [0.05, 0.1) is 17.0 Å². The minimum atomic E-state index is -3.30. The number of nitrogens with zero attached hydrogens (tertiary/aromatic N) is 3. The molecule has 0 aliphatic heterocycles. The Balaban J connectivity index is 1.90. The van der Waals surface area contributed by atoms with Gasteiger partial charge in [-0.15, -0.1) is 0 Å². The number of primary amides is 1. The van der Waals surface area contributed by atoms with E-state index < -0.39 is 15.7 Å². The van der Waals surface area contributed by atoms with E-state index in [9.17, 15) is 18.3 Å². The summed E-state index contributed by atoms with van der Waals surface area (Å²) in [5.41, 5.74) is 6.34. The Morgan fingerprint density at radius 1 is 1.34 bits per heavy atom. The summed E-state index contributed by atoms with van der Waals surface area (Å²) in [4.78, 5) is 16.2. The number of benzene rings is 1. The highest BCUT2D eigenvalue weighted by Crippen LogP contribution is 2.34. The average Bonchev–Trinajstić information content (AvgIpc) is 3.05. The number of sulfone groups is 1. The fourth-order valence-electron chi connectivity index (χ4n) is 3.60. The standard InChI is InChI=1S/C19H25N5O4S/c1-21-10-12-9-14(25)5-8-17(12)24-11-16(18(20)26)19(23-24)22-13-3-6-15(7-4-13)29(2,27)28/h3-4,6-7,10-12,14,17,25H,5,8-9H2,1-2H3,(H2,20,26)(H,22,23)/b21-10-/t12-,14-,17+/m1/s1. The highest BCUT2D eigenvalue weighted by Gasteiger charge is 2.31. The van der Waals surface area contributed by atoms with E-state index in [1.54, 1.807) is 36.3 Å². The van der Waals surface area contributed by atoms with Gasteiger partial charge < -0.3 is 21.1 Å². The monoisotopic (exact) mass is 419 g/mol. The number of aliphatic hydroxyl groups excluding tert-OH is 1. The van der Waals surface area contributed by atoms with Crippen molar-refractivity contribution in [1.82, 2.24) is 9.78 Å². The van der Waals surface area contributed by atoms with Crippen LogP contribution in [0.2, 0.25) is 0 Å². The number of carbonyl (C=O) groups excluding carboxylic acids is 1. The van der Waals surface area contributed by atoms with E-state index in [1.807, 2.05) is 0 Å². The summed E-state index contributed by atoms with van der Waals surface area (Å²) in [6.45, 7) is 0. The van der Waals surface area contributed by atoms with E-state index in [-0.39, 0.29) is 28.5 Å². The molecule has 1 aromatic heterocycles. The molecule has 0 spiro atoms. The van der Waals surface area contributed by atoms with E-state index in [4.69, 9.17) is 5.73 Å². The first-order chi connectivity index (χ1) is 13.7. The van der Waals surface area contributed by atoms with E-state index >= 15 is 0 Å². The number of hydrogen-bond acceptors (Lipinski definition) is 7. The molecule has 9 nitrogen and oxygen atoms in total. The lowest BCUT2D eigenvalue weighted by Crippen LogP contribution is -2.31. The lowest BCUT2D eigenvalue weighted by molar-refractivity contribution is 0.0907. The summed E-state index contributed by atoms with van der Waals surface area (Å²) in [5.74, 6) is -0.336. The van der Waals surface area contributed by atoms with Crippen LogP contribution < -0.4 is 11.1 Å². The number of rotatable bonds is 6. The van der Waals surface area contributed by atoms with Gasteiger partial charge in [-0.25, -0.2) is 8.42 Å². The first-order valence-corrected chi connectivity index (χ1v) is 11.1. The predicted molar refractivity (Wildman–Crippen MR) is 110 cm³/mol. The number of anilines is 2. The second kappa shape index (κ2) is 8.34. The highest BCUT2D eigenvalue weighted by molar-refractivity contribution is 7.90. The lowest BCUT2D eigenvalue weighted by Gasteiger charge is -2.32. The van der Waals surface area contributed by atoms with Crippen LogP contribution in [0.25, 0.3) is 0 Å². The molecule has 29 heavy (non-hydrogen) atoms. The lowest BCUT2D eigenvalue weighted by atomic mass is 9.83. The zero-order valence-electron chi connectivity index (χ0n) is 16.3. The second-order valence-corrected chi connectivity index (χ2v) is 9.28. The van der Waals surface area contributed by atoms with Crippen LogP contribution in [0.3, 0.4) is 0 Å². The maximum Gasteiger partial charge on any atom is 0.254 e. The zero-order chi connectivity index (χ0) is 21.2. The summed E-state index contributed by atoms with van der Waals surface area (Å²) in [5, 5.41) is 17.5. The largest absolute Gasteiger partial charge is 0.393 e. The van der Waals surface area contributed by atoms with Crippen LogP contribution in [-0.4, -0.2) is 54.8 Å². The molecule has 0 bridgehead atoms. The maximum atomic E-state index is 11.9. The Labute approximate surface area is 169 Å². The van der Waals surface area contributed by atoms with Crippen molar-refractivity contribution < 1.29 is 18.3 Å². The molecule has 4 N–H and O–H groups in total. The highest BCUT2D eigenvalue weighted by atomic mass is 32.2. The number of aliphatic hydroxyl groups is 1. The number of aliphatic imine (C=N–C) groups is 1. The molecule has 10 heteroatoms. The molecular formula is C19H25N5O4S. The minimum absolute atomic E-state index is 0.00808. The summed E-state index contributed by atoms with van der Waals surface area (Å²) >= 11 is 0. The molecule has 1 fully saturated rings. The van der Waals surface area contributed by atoms with Crippen LogP contribution in [0, 0.1) is 5.92 Å². The molecule has 0 unspecified atom stereocenters. The fourth-order valence-corrected chi connectivity index (χ4v) is 4.23. The molecule has 2 aromatic rings. The number of carbonyl (C=O) groups is 1. The quantitative estimate of drug-likeness (QED) is 0.607. The fraction of sp³-hybridized carbons (Fsp3) is 0.421. The Morgan fingerprint density at radius 3 is 2.62 bits per heavy atom. The second-order valence-electron chi connectivity index (χ2n) is 7.26. The molecule has 0 saturated heterocycles. The minimum Gasteiger partial charge on any atom is -0.393 e. The van der Waals surface area contributed by atoms with Gasteiger partial charge in [-0.2, -0.15) is 5.10 Å². The Bertz CT molecular complexity index is 1010. The Kier molecular flexibility index (Phi) is 6.04. The van der Waals surface area contributed by atoms with E-state index in [0.29, 0.717) is 30.8 Å². The summed E-state index contributed by atoms with van der Waals surface area (Å²) in [6, 6.07) is 6.11. The molecule has 156 valence electrons. The van der Waals surface area contributed by atoms with Gasteiger partial charge >= 0.3 is 0 Å². The van der Waals surface area contributed by atoms with Crippen LogP contribution in [-0.2, 0) is 9.84 Å². The molecule has 3 rings (SSSR count). The van der Waals surface area contributed by atoms with Crippen molar-refractivity contribution in [2.75, 3.05) is 18.6 Å². The van der Waals surface area contributed by atoms with Crippen molar-refractivity contribution in [1.29, 1.82) is 0 Å². The average molecular weight is 420 g/mol. The van der Waals surface area contributed by atoms with Crippen molar-refractivity contribution in [3.8, 4) is 0 Å². The first-order valence-electron chi connectivity index (χ1n) is 9.25. The molecule has 1 saturated carbocycles. The van der Waals surface area contributed by atoms with Gasteiger partial charge in [-0.05, 0) is 43.5 Å². The third kappa shape index (κ3) is 4.83. The van der Waals surface area contributed by atoms with Crippen molar-refractivity contribution in [2.24, 2.45) is 16.6 Å². The number of nitrogens with one attached hydrogen (secondary N) is 1. The van der Waals surface area contributed by atoms with E-state index in [0.717, 1.165) is 6.26 Å². The van der Waals surface area contributed by atoms with Crippen molar-refractivity contribution >= 4 is 33.5 Å². The number of aromatic nitrogens is 2. The smallest absolute Gasteiger partial charge is 0.254 e. The molecule has 1 aromatic carbocycles. The molecule has 1 heterocycles. The van der Waals surface area contributed by atoms with Gasteiger partial charge in [0.15, 0.2) is 15.7 Å². The van der Waals surface area contributed by atoms with Crippen LogP contribution >= 0.6 is 0 Å². The van der Waals surface area contributed by atoms with Crippen LogP contribution in [0.5, 0.6) is 0 Å². The van der Waals surface area contributed by atoms with Gasteiger partial charge in [0.25, 0.3) is 5.91 Å². The number of hydrogen-bond donors (Lipinski definition) is 3. The van der Waals surface area contributed by atoms with Gasteiger partial charge in [-0.1, -0.05) is 0 Å². The summed E-state index contributed by atoms with van der Waals surface area (Å²) in [7, 11) is -1.61. The summed E-state index contributed by atoms with van der Waals surface area (Å²) < 4.78 is 24.9. The van der Waals surface area contributed by atoms with Crippen LogP contribution in [0.4, 0.5) is 11.5 Å². The molecule has 1 aliphatic rings. The van der Waals surface area contributed by atoms with Crippen LogP contribution in [0.15, 0.2) is 40.4 Å². The molecular weight excluding hydrogens is 394 g/mol. The third-order valence-electron chi connectivity index (χ3n) is 5.06. The van der Waals surface area contributed by atoms with E-state index in [2.05, 4.69) is 15.4 Å².